The number of methoxy groups -OCH3 is 1. The Hall–Kier alpha value is -1.00. The first-order valence-corrected chi connectivity index (χ1v) is 6.41. The second kappa shape index (κ2) is 6.25. The predicted octanol–water partition coefficient (Wildman–Crippen LogP) is 2.71. The van der Waals surface area contributed by atoms with Gasteiger partial charge >= 0.3 is 0 Å². The van der Waals surface area contributed by atoms with Gasteiger partial charge in [0.2, 0.25) is 0 Å². The third-order valence-electron chi connectivity index (χ3n) is 2.70. The van der Waals surface area contributed by atoms with Crippen LogP contribution in [0.1, 0.15) is 52.1 Å². The van der Waals surface area contributed by atoms with Gasteiger partial charge in [0, 0.05) is 37.7 Å². The van der Waals surface area contributed by atoms with E-state index in [-0.39, 0.29) is 11.5 Å². The average molecular weight is 251 g/mol. The van der Waals surface area contributed by atoms with Crippen molar-refractivity contribution in [2.75, 3.05) is 7.11 Å². The van der Waals surface area contributed by atoms with Gasteiger partial charge in [0.1, 0.15) is 6.10 Å². The molecule has 0 fully saturated rings. The molecular weight excluding hydrogens is 226 g/mol. The van der Waals surface area contributed by atoms with Crippen molar-refractivity contribution in [2.45, 2.75) is 53.3 Å². The number of nitrogens with zero attached hydrogens (tertiary/aromatic N) is 2. The van der Waals surface area contributed by atoms with E-state index in [1.54, 1.807) is 7.11 Å². The summed E-state index contributed by atoms with van der Waals surface area (Å²) < 4.78 is 5.50. The molecule has 0 saturated heterocycles. The van der Waals surface area contributed by atoms with Crippen LogP contribution in [0.25, 0.3) is 0 Å². The highest BCUT2D eigenvalue weighted by molar-refractivity contribution is 5.07. The zero-order valence-electron chi connectivity index (χ0n) is 12.3. The van der Waals surface area contributed by atoms with Gasteiger partial charge in [-0.05, 0) is 5.41 Å². The van der Waals surface area contributed by atoms with Gasteiger partial charge in [-0.3, -0.25) is 0 Å². The molecule has 0 saturated carbocycles. The van der Waals surface area contributed by atoms with Crippen molar-refractivity contribution in [3.63, 3.8) is 0 Å². The molecule has 0 aliphatic carbocycles. The van der Waals surface area contributed by atoms with Gasteiger partial charge in [0.05, 0.1) is 0 Å². The van der Waals surface area contributed by atoms with E-state index in [0.29, 0.717) is 6.04 Å². The number of hydrogen-bond donors (Lipinski definition) is 1. The molecule has 1 atom stereocenters. The van der Waals surface area contributed by atoms with Crippen molar-refractivity contribution in [1.29, 1.82) is 0 Å². The zero-order valence-corrected chi connectivity index (χ0v) is 12.3. The minimum Gasteiger partial charge on any atom is -0.373 e. The topological polar surface area (TPSA) is 47.0 Å². The summed E-state index contributed by atoms with van der Waals surface area (Å²) in [5.41, 5.74) is 1.09. The second-order valence-electron chi connectivity index (χ2n) is 5.97. The quantitative estimate of drug-likeness (QED) is 0.874. The molecular formula is C14H25N3O. The van der Waals surface area contributed by atoms with E-state index in [2.05, 4.69) is 49.9 Å². The zero-order chi connectivity index (χ0) is 13.8. The number of aromatic nitrogens is 2. The number of nitrogens with one attached hydrogen (secondary N) is 1. The van der Waals surface area contributed by atoms with E-state index < -0.39 is 0 Å². The maximum Gasteiger partial charge on any atom is 0.157 e. The fourth-order valence-corrected chi connectivity index (χ4v) is 1.76. The van der Waals surface area contributed by atoms with Crippen molar-refractivity contribution >= 4 is 0 Å². The lowest BCUT2D eigenvalue weighted by molar-refractivity contribution is 0.00860. The largest absolute Gasteiger partial charge is 0.373 e. The molecule has 1 aromatic heterocycles. The van der Waals surface area contributed by atoms with E-state index in [1.165, 1.54) is 0 Å². The molecule has 0 aliphatic heterocycles. The highest BCUT2D eigenvalue weighted by Gasteiger charge is 2.28. The van der Waals surface area contributed by atoms with E-state index in [9.17, 15) is 0 Å². The lowest BCUT2D eigenvalue weighted by Crippen LogP contribution is -2.24. The SMILES string of the molecule is COC(c1ncc(CNC(C)C)cn1)C(C)(C)C. The molecule has 4 heteroatoms. The molecule has 0 amide bonds. The number of rotatable bonds is 5. The molecule has 0 bridgehead atoms. The molecule has 0 radical (unpaired) electrons. The van der Waals surface area contributed by atoms with Crippen LogP contribution in [0.3, 0.4) is 0 Å². The molecule has 1 unspecified atom stereocenters. The van der Waals surface area contributed by atoms with E-state index in [1.807, 2.05) is 12.4 Å². The molecule has 1 rings (SSSR count). The van der Waals surface area contributed by atoms with Crippen LogP contribution in [0.2, 0.25) is 0 Å². The summed E-state index contributed by atoms with van der Waals surface area (Å²) >= 11 is 0. The highest BCUT2D eigenvalue weighted by atomic mass is 16.5. The highest BCUT2D eigenvalue weighted by Crippen LogP contribution is 2.33. The molecule has 1 heterocycles. The van der Waals surface area contributed by atoms with Gasteiger partial charge in [-0.1, -0.05) is 34.6 Å². The first-order valence-electron chi connectivity index (χ1n) is 6.41. The first kappa shape index (κ1) is 15.1. The molecule has 102 valence electrons. The summed E-state index contributed by atoms with van der Waals surface area (Å²) in [5.74, 6) is 0.748. The Morgan fingerprint density at radius 2 is 1.78 bits per heavy atom. The fraction of sp³-hybridized carbons (Fsp3) is 0.714. The standard InChI is InChI=1S/C14H25N3O/c1-10(2)15-7-11-8-16-13(17-9-11)12(18-6)14(3,4)5/h8-10,12,15H,7H2,1-6H3. The van der Waals surface area contributed by atoms with Crippen molar-refractivity contribution in [3.8, 4) is 0 Å². The smallest absolute Gasteiger partial charge is 0.157 e. The van der Waals surface area contributed by atoms with Crippen LogP contribution in [-0.4, -0.2) is 23.1 Å². The second-order valence-corrected chi connectivity index (χ2v) is 5.97. The molecule has 4 nitrogen and oxygen atoms in total. The molecule has 1 N–H and O–H groups in total. The van der Waals surface area contributed by atoms with Gasteiger partial charge in [-0.25, -0.2) is 9.97 Å². The summed E-state index contributed by atoms with van der Waals surface area (Å²) in [6.07, 6.45) is 3.66. The van der Waals surface area contributed by atoms with Crippen LogP contribution in [0.5, 0.6) is 0 Å². The van der Waals surface area contributed by atoms with Gasteiger partial charge in [0.15, 0.2) is 5.82 Å². The van der Waals surface area contributed by atoms with E-state index in [4.69, 9.17) is 4.74 Å². The van der Waals surface area contributed by atoms with Crippen LogP contribution in [0.4, 0.5) is 0 Å². The number of ether oxygens (including phenoxy) is 1. The molecule has 0 aromatic carbocycles. The lowest BCUT2D eigenvalue weighted by Gasteiger charge is -2.27. The monoisotopic (exact) mass is 251 g/mol. The van der Waals surface area contributed by atoms with Gasteiger partial charge in [-0.15, -0.1) is 0 Å². The molecule has 18 heavy (non-hydrogen) atoms. The van der Waals surface area contributed by atoms with Crippen LogP contribution in [0, 0.1) is 5.41 Å². The molecule has 1 aromatic rings. The van der Waals surface area contributed by atoms with Crippen molar-refractivity contribution in [1.82, 2.24) is 15.3 Å². The minimum atomic E-state index is -0.0791. The van der Waals surface area contributed by atoms with Crippen LogP contribution in [-0.2, 0) is 11.3 Å². The van der Waals surface area contributed by atoms with Gasteiger partial charge < -0.3 is 10.1 Å². The Balaban J connectivity index is 2.75. The third-order valence-corrected chi connectivity index (χ3v) is 2.70. The predicted molar refractivity (Wildman–Crippen MR) is 73.2 cm³/mol. The maximum atomic E-state index is 5.50. The van der Waals surface area contributed by atoms with E-state index >= 15 is 0 Å². The molecule has 0 aliphatic rings. The Bertz CT molecular complexity index is 354. The first-order chi connectivity index (χ1) is 8.34. The van der Waals surface area contributed by atoms with Crippen molar-refractivity contribution < 1.29 is 4.74 Å². The Morgan fingerprint density at radius 1 is 1.22 bits per heavy atom. The van der Waals surface area contributed by atoms with Crippen LogP contribution < -0.4 is 5.32 Å². The molecule has 0 spiro atoms. The fourth-order valence-electron chi connectivity index (χ4n) is 1.76. The van der Waals surface area contributed by atoms with E-state index in [0.717, 1.165) is 17.9 Å². The summed E-state index contributed by atoms with van der Waals surface area (Å²) in [4.78, 5) is 8.84. The summed E-state index contributed by atoms with van der Waals surface area (Å²) in [6, 6.07) is 0.464. The Kier molecular flexibility index (Phi) is 5.23. The number of hydrogen-bond acceptors (Lipinski definition) is 4. The van der Waals surface area contributed by atoms with Gasteiger partial charge in [-0.2, -0.15) is 0 Å². The van der Waals surface area contributed by atoms with Crippen molar-refractivity contribution in [3.05, 3.63) is 23.8 Å². The normalized spacial score (nSPS) is 13.9. The van der Waals surface area contributed by atoms with Crippen molar-refractivity contribution in [2.24, 2.45) is 5.41 Å². The lowest BCUT2D eigenvalue weighted by atomic mass is 9.88. The third kappa shape index (κ3) is 4.35. The minimum absolute atomic E-state index is 0.00749. The van der Waals surface area contributed by atoms with Crippen LogP contribution in [0.15, 0.2) is 12.4 Å². The summed E-state index contributed by atoms with van der Waals surface area (Å²) in [5, 5.41) is 3.34. The summed E-state index contributed by atoms with van der Waals surface area (Å²) in [7, 11) is 1.70. The Labute approximate surface area is 110 Å². The van der Waals surface area contributed by atoms with Crippen LogP contribution >= 0.6 is 0 Å². The average Bonchev–Trinajstić information content (AvgIpc) is 2.27. The Morgan fingerprint density at radius 3 is 2.17 bits per heavy atom. The summed E-state index contributed by atoms with van der Waals surface area (Å²) in [6.45, 7) is 11.4. The maximum absolute atomic E-state index is 5.50. The van der Waals surface area contributed by atoms with Gasteiger partial charge in [0.25, 0.3) is 0 Å².